The van der Waals surface area contributed by atoms with Crippen LogP contribution in [0.2, 0.25) is 5.02 Å². The molecule has 176 valence electrons. The molecule has 0 unspecified atom stereocenters. The third-order valence-electron chi connectivity index (χ3n) is 6.82. The molecular formula is C26H28ClN5OS. The zero-order valence-corrected chi connectivity index (χ0v) is 21.0. The van der Waals surface area contributed by atoms with Gasteiger partial charge in [-0.05, 0) is 80.3 Å². The SMILES string of the molecule is Cc1cc(/C=C2/C(=N)N3N=C(CCC4CCCCC4)SC3=NC2=O)c(C)n1-c1cccc(Cl)c1. The lowest BCUT2D eigenvalue weighted by molar-refractivity contribution is -0.114. The zero-order valence-electron chi connectivity index (χ0n) is 19.5. The van der Waals surface area contributed by atoms with Crippen molar-refractivity contribution in [3.05, 3.63) is 57.9 Å². The fraction of sp³-hybridized carbons (Fsp3) is 0.385. The molecule has 1 aliphatic carbocycles. The van der Waals surface area contributed by atoms with Gasteiger partial charge in [0.25, 0.3) is 5.91 Å². The summed E-state index contributed by atoms with van der Waals surface area (Å²) in [6.45, 7) is 4.01. The van der Waals surface area contributed by atoms with Crippen molar-refractivity contribution in [1.82, 2.24) is 9.58 Å². The molecule has 1 aromatic carbocycles. The summed E-state index contributed by atoms with van der Waals surface area (Å²) in [7, 11) is 0. The van der Waals surface area contributed by atoms with Crippen molar-refractivity contribution < 1.29 is 4.79 Å². The van der Waals surface area contributed by atoms with Gasteiger partial charge in [0.15, 0.2) is 5.84 Å². The maximum atomic E-state index is 12.9. The molecule has 1 fully saturated rings. The first-order valence-electron chi connectivity index (χ1n) is 11.8. The molecule has 1 N–H and O–H groups in total. The van der Waals surface area contributed by atoms with Crippen LogP contribution >= 0.6 is 23.4 Å². The minimum absolute atomic E-state index is 0.0859. The highest BCUT2D eigenvalue weighted by Crippen LogP contribution is 2.33. The summed E-state index contributed by atoms with van der Waals surface area (Å²) in [4.78, 5) is 17.1. The van der Waals surface area contributed by atoms with Crippen LogP contribution in [0, 0.1) is 25.2 Å². The second-order valence-corrected chi connectivity index (χ2v) is 10.7. The van der Waals surface area contributed by atoms with Crippen LogP contribution in [0.4, 0.5) is 0 Å². The number of halogens is 1. The van der Waals surface area contributed by atoms with Crippen molar-refractivity contribution in [2.45, 2.75) is 58.8 Å². The summed E-state index contributed by atoms with van der Waals surface area (Å²) < 4.78 is 2.09. The van der Waals surface area contributed by atoms with Crippen LogP contribution in [0.3, 0.4) is 0 Å². The number of aryl methyl sites for hydroxylation is 1. The number of aromatic nitrogens is 1. The minimum atomic E-state index is -0.389. The third kappa shape index (κ3) is 4.51. The Kier molecular flexibility index (Phi) is 6.49. The van der Waals surface area contributed by atoms with Crippen LogP contribution in [0.15, 0.2) is 46.0 Å². The smallest absolute Gasteiger partial charge is 0.283 e. The summed E-state index contributed by atoms with van der Waals surface area (Å²) in [5, 5.41) is 17.0. The van der Waals surface area contributed by atoms with Crippen molar-refractivity contribution in [3.8, 4) is 5.69 Å². The Balaban J connectivity index is 1.38. The number of fused-ring (bicyclic) bond motifs is 1. The highest BCUT2D eigenvalue weighted by Gasteiger charge is 2.35. The number of nitrogens with one attached hydrogen (secondary N) is 1. The first kappa shape index (κ1) is 23.1. The lowest BCUT2D eigenvalue weighted by atomic mass is 9.86. The average molecular weight is 494 g/mol. The van der Waals surface area contributed by atoms with Crippen LogP contribution in [0.5, 0.6) is 0 Å². The van der Waals surface area contributed by atoms with Gasteiger partial charge in [-0.2, -0.15) is 15.1 Å². The molecule has 3 aliphatic rings. The first-order chi connectivity index (χ1) is 16.4. The van der Waals surface area contributed by atoms with Crippen LogP contribution in [0.25, 0.3) is 11.8 Å². The minimum Gasteiger partial charge on any atom is -0.318 e. The van der Waals surface area contributed by atoms with Crippen molar-refractivity contribution in [1.29, 1.82) is 5.41 Å². The molecule has 2 aliphatic heterocycles. The van der Waals surface area contributed by atoms with E-state index in [0.29, 0.717) is 10.2 Å². The Bertz CT molecular complexity index is 1250. The average Bonchev–Trinajstić information content (AvgIpc) is 3.35. The first-order valence-corrected chi connectivity index (χ1v) is 13.0. The van der Waals surface area contributed by atoms with E-state index in [4.69, 9.17) is 17.0 Å². The van der Waals surface area contributed by atoms with E-state index in [1.165, 1.54) is 48.9 Å². The number of benzene rings is 1. The van der Waals surface area contributed by atoms with E-state index in [-0.39, 0.29) is 17.3 Å². The largest absolute Gasteiger partial charge is 0.318 e. The topological polar surface area (TPSA) is 73.8 Å². The van der Waals surface area contributed by atoms with Gasteiger partial charge in [-0.1, -0.05) is 49.8 Å². The number of amides is 1. The Morgan fingerprint density at radius 3 is 2.76 bits per heavy atom. The van der Waals surface area contributed by atoms with E-state index >= 15 is 0 Å². The van der Waals surface area contributed by atoms with Gasteiger partial charge < -0.3 is 4.57 Å². The van der Waals surface area contributed by atoms with Crippen LogP contribution in [-0.4, -0.2) is 31.5 Å². The van der Waals surface area contributed by atoms with E-state index in [1.807, 2.05) is 44.2 Å². The molecule has 0 bridgehead atoms. The fourth-order valence-corrected chi connectivity index (χ4v) is 6.12. The Morgan fingerprint density at radius 1 is 1.21 bits per heavy atom. The second-order valence-electron chi connectivity index (χ2n) is 9.20. The highest BCUT2D eigenvalue weighted by atomic mass is 35.5. The molecule has 0 saturated heterocycles. The molecule has 0 radical (unpaired) electrons. The predicted molar refractivity (Wildman–Crippen MR) is 141 cm³/mol. The van der Waals surface area contributed by atoms with E-state index in [9.17, 15) is 4.79 Å². The molecule has 1 aromatic heterocycles. The van der Waals surface area contributed by atoms with Crippen molar-refractivity contribution in [3.63, 3.8) is 0 Å². The number of nitrogens with zero attached hydrogens (tertiary/aromatic N) is 4. The van der Waals surface area contributed by atoms with E-state index in [0.717, 1.165) is 46.4 Å². The number of aliphatic imine (C=N–C) groups is 1. The molecule has 0 spiro atoms. The number of amidine groups is 2. The second kappa shape index (κ2) is 9.55. The van der Waals surface area contributed by atoms with E-state index < -0.39 is 0 Å². The quantitative estimate of drug-likeness (QED) is 0.469. The van der Waals surface area contributed by atoms with Crippen LogP contribution in [-0.2, 0) is 4.79 Å². The number of carbonyl (C=O) groups excluding carboxylic acids is 1. The summed E-state index contributed by atoms with van der Waals surface area (Å²) in [6, 6.07) is 9.69. The standard InChI is InChI=1S/C26H28ClN5OS/c1-16-13-19(17(2)31(16)21-10-6-9-20(27)15-21)14-22-24(28)32-26(29-25(22)33)34-23(30-32)12-11-18-7-4-3-5-8-18/h6,9-10,13-15,18,28H,3-5,7-8,11-12H2,1-2H3/b22-14-,28-24?. The third-order valence-corrected chi connectivity index (χ3v) is 8.03. The van der Waals surface area contributed by atoms with Gasteiger partial charge in [0.05, 0.1) is 5.57 Å². The molecule has 1 amide bonds. The van der Waals surface area contributed by atoms with Gasteiger partial charge in [-0.15, -0.1) is 0 Å². The number of rotatable bonds is 5. The van der Waals surface area contributed by atoms with Gasteiger partial charge in [0, 0.05) is 22.1 Å². The fourth-order valence-electron chi connectivity index (χ4n) is 5.04. The van der Waals surface area contributed by atoms with Crippen LogP contribution in [0.1, 0.15) is 61.9 Å². The lowest BCUT2D eigenvalue weighted by Crippen LogP contribution is -2.35. The molecule has 5 rings (SSSR count). The summed E-state index contributed by atoms with van der Waals surface area (Å²) in [5.41, 5.74) is 4.08. The molecular weight excluding hydrogens is 466 g/mol. The van der Waals surface area contributed by atoms with E-state index in [1.54, 1.807) is 6.08 Å². The number of carbonyl (C=O) groups is 1. The normalized spacial score (nSPS) is 20.1. The number of hydrazone groups is 1. The summed E-state index contributed by atoms with van der Waals surface area (Å²) in [6.07, 6.45) is 10.4. The molecule has 34 heavy (non-hydrogen) atoms. The predicted octanol–water partition coefficient (Wildman–Crippen LogP) is 6.73. The molecule has 1 saturated carbocycles. The van der Waals surface area contributed by atoms with Crippen molar-refractivity contribution in [2.75, 3.05) is 0 Å². The summed E-state index contributed by atoms with van der Waals surface area (Å²) in [5.74, 6) is 0.464. The van der Waals surface area contributed by atoms with Gasteiger partial charge in [-0.25, -0.2) is 0 Å². The van der Waals surface area contributed by atoms with Gasteiger partial charge in [-0.3, -0.25) is 10.2 Å². The molecule has 3 heterocycles. The molecule has 6 nitrogen and oxygen atoms in total. The maximum absolute atomic E-state index is 12.9. The molecule has 0 atom stereocenters. The zero-order chi connectivity index (χ0) is 23.8. The van der Waals surface area contributed by atoms with Gasteiger partial charge in [0.2, 0.25) is 5.17 Å². The number of hydrogen-bond acceptors (Lipinski definition) is 4. The lowest BCUT2D eigenvalue weighted by Gasteiger charge is -2.20. The molecule has 8 heteroatoms. The van der Waals surface area contributed by atoms with Gasteiger partial charge in [0.1, 0.15) is 5.04 Å². The van der Waals surface area contributed by atoms with Gasteiger partial charge >= 0.3 is 0 Å². The van der Waals surface area contributed by atoms with Crippen LogP contribution < -0.4 is 0 Å². The highest BCUT2D eigenvalue weighted by molar-refractivity contribution is 8.26. The Hall–Kier alpha value is -2.64. The Morgan fingerprint density at radius 2 is 2.00 bits per heavy atom. The summed E-state index contributed by atoms with van der Waals surface area (Å²) >= 11 is 7.62. The number of thioether (sulfide) groups is 1. The van der Waals surface area contributed by atoms with E-state index in [2.05, 4.69) is 14.7 Å². The number of hydrogen-bond donors (Lipinski definition) is 1. The monoisotopic (exact) mass is 493 g/mol. The maximum Gasteiger partial charge on any atom is 0.283 e. The van der Waals surface area contributed by atoms with Crippen molar-refractivity contribution in [2.24, 2.45) is 16.0 Å². The molecule has 2 aromatic rings. The van der Waals surface area contributed by atoms with Crippen molar-refractivity contribution >= 4 is 51.4 Å². The Labute approximate surface area is 209 Å².